The Morgan fingerprint density at radius 1 is 1.09 bits per heavy atom. The summed E-state index contributed by atoms with van der Waals surface area (Å²) in [4.78, 5) is 0.992. The highest BCUT2D eigenvalue weighted by Gasteiger charge is 2.38. The number of benzene rings is 2. The van der Waals surface area contributed by atoms with Crippen LogP contribution in [0.25, 0.3) is 0 Å². The normalized spacial score (nSPS) is 18.6. The van der Waals surface area contributed by atoms with Gasteiger partial charge in [-0.25, -0.2) is 8.42 Å². The molecular weight excluding hydrogens is 517 g/mol. The third kappa shape index (κ3) is 6.14. The maximum Gasteiger partial charge on any atom is 0.419 e. The van der Waals surface area contributed by atoms with E-state index >= 15 is 0 Å². The molecule has 188 valence electrons. The molecule has 0 aliphatic carbocycles. The van der Waals surface area contributed by atoms with Crippen molar-refractivity contribution in [2.75, 3.05) is 17.8 Å². The molecule has 1 atom stereocenters. The monoisotopic (exact) mass is 542 g/mol. The quantitative estimate of drug-likeness (QED) is 0.358. The zero-order valence-corrected chi connectivity index (χ0v) is 21.8. The molecular formula is C24H25F3N2O3S3. The molecule has 0 spiro atoms. The largest absolute Gasteiger partial charge is 0.485 e. The van der Waals surface area contributed by atoms with Crippen LogP contribution in [0.15, 0.2) is 61.8 Å². The van der Waals surface area contributed by atoms with E-state index in [4.69, 9.17) is 4.74 Å². The first-order valence-electron chi connectivity index (χ1n) is 10.8. The van der Waals surface area contributed by atoms with Crippen LogP contribution in [-0.4, -0.2) is 27.1 Å². The van der Waals surface area contributed by atoms with Crippen molar-refractivity contribution in [3.05, 3.63) is 65.2 Å². The first kappa shape index (κ1) is 25.9. The third-order valence-electron chi connectivity index (χ3n) is 5.74. The summed E-state index contributed by atoms with van der Waals surface area (Å²) in [6, 6.07) is 12.3. The molecule has 2 heterocycles. The van der Waals surface area contributed by atoms with E-state index in [1.165, 1.54) is 23.4 Å². The van der Waals surface area contributed by atoms with E-state index in [1.54, 1.807) is 13.0 Å². The Kier molecular flexibility index (Phi) is 7.16. The van der Waals surface area contributed by atoms with Crippen molar-refractivity contribution in [2.45, 2.75) is 52.3 Å². The van der Waals surface area contributed by atoms with Gasteiger partial charge < -0.3 is 10.1 Å². The Labute approximate surface area is 211 Å². The Bertz CT molecular complexity index is 1330. The number of alkyl halides is 3. The molecule has 2 N–H and O–H groups in total. The smallest absolute Gasteiger partial charge is 0.419 e. The second kappa shape index (κ2) is 9.68. The van der Waals surface area contributed by atoms with Gasteiger partial charge in [-0.05, 0) is 74.8 Å². The fourth-order valence-electron chi connectivity index (χ4n) is 3.65. The van der Waals surface area contributed by atoms with Crippen LogP contribution >= 0.6 is 23.1 Å². The minimum absolute atomic E-state index is 0.000631. The van der Waals surface area contributed by atoms with Crippen LogP contribution in [0, 0.1) is 13.8 Å². The number of thiophene rings is 1. The van der Waals surface area contributed by atoms with Crippen molar-refractivity contribution in [2.24, 2.45) is 0 Å². The number of anilines is 1. The highest BCUT2D eigenvalue weighted by Crippen LogP contribution is 2.41. The summed E-state index contributed by atoms with van der Waals surface area (Å²) < 4.78 is 75.7. The molecule has 0 bridgehead atoms. The maximum atomic E-state index is 13.6. The van der Waals surface area contributed by atoms with Crippen molar-refractivity contribution < 1.29 is 26.3 Å². The Morgan fingerprint density at radius 3 is 2.51 bits per heavy atom. The van der Waals surface area contributed by atoms with Gasteiger partial charge in [-0.1, -0.05) is 17.8 Å². The van der Waals surface area contributed by atoms with Gasteiger partial charge in [0.2, 0.25) is 0 Å². The third-order valence-corrected chi connectivity index (χ3v) is 9.82. The highest BCUT2D eigenvalue weighted by atomic mass is 32.3. The molecule has 35 heavy (non-hydrogen) atoms. The second-order valence-corrected chi connectivity index (χ2v) is 13.1. The van der Waals surface area contributed by atoms with Crippen LogP contribution in [-0.2, 0) is 16.2 Å². The van der Waals surface area contributed by atoms with E-state index in [2.05, 4.69) is 10.0 Å². The molecule has 0 amide bonds. The zero-order valence-electron chi connectivity index (χ0n) is 19.3. The number of sulfonamides is 1. The van der Waals surface area contributed by atoms with Crippen LogP contribution in [0.4, 0.5) is 18.9 Å². The fraction of sp³-hybridized carbons (Fsp3) is 0.333. The van der Waals surface area contributed by atoms with Gasteiger partial charge in [0.1, 0.15) is 15.6 Å². The summed E-state index contributed by atoms with van der Waals surface area (Å²) >= 11 is 2.55. The van der Waals surface area contributed by atoms with E-state index in [0.717, 1.165) is 44.2 Å². The van der Waals surface area contributed by atoms with Crippen LogP contribution in [0.5, 0.6) is 5.75 Å². The molecule has 1 aliphatic heterocycles. The minimum Gasteiger partial charge on any atom is -0.485 e. The molecule has 11 heteroatoms. The predicted molar refractivity (Wildman–Crippen MR) is 133 cm³/mol. The molecule has 1 saturated heterocycles. The van der Waals surface area contributed by atoms with Crippen molar-refractivity contribution in [1.82, 2.24) is 5.32 Å². The Balaban J connectivity index is 1.56. The van der Waals surface area contributed by atoms with Crippen LogP contribution in [0.2, 0.25) is 0 Å². The molecule has 1 aromatic heterocycles. The molecule has 0 saturated carbocycles. The molecule has 5 nitrogen and oxygen atoms in total. The standard InChI is InChI=1S/C24H25F3N2O3S3/c1-15-4-6-18(12-16(15)2)33-21-8-9-22(34-21)35(30,31)29-17-5-7-19(24(25,26)27)20(13-17)32-23(3)10-11-28-14-23/h4-9,12-13,28-29H,10-11,14H2,1-3H3/t23-/m1/s1. The lowest BCUT2D eigenvalue weighted by Crippen LogP contribution is -2.35. The lowest BCUT2D eigenvalue weighted by molar-refractivity contribution is -0.139. The van der Waals surface area contributed by atoms with Gasteiger partial charge in [-0.2, -0.15) is 13.2 Å². The molecule has 0 unspecified atom stereocenters. The molecule has 1 fully saturated rings. The molecule has 2 aromatic carbocycles. The van der Waals surface area contributed by atoms with E-state index in [-0.39, 0.29) is 9.90 Å². The number of nitrogens with one attached hydrogen (secondary N) is 2. The Morgan fingerprint density at radius 2 is 1.86 bits per heavy atom. The topological polar surface area (TPSA) is 67.4 Å². The summed E-state index contributed by atoms with van der Waals surface area (Å²) in [7, 11) is -4.00. The van der Waals surface area contributed by atoms with Gasteiger partial charge in [-0.15, -0.1) is 11.3 Å². The summed E-state index contributed by atoms with van der Waals surface area (Å²) in [5.41, 5.74) is 0.553. The first-order valence-corrected chi connectivity index (χ1v) is 14.0. The van der Waals surface area contributed by atoms with E-state index in [1.807, 2.05) is 32.0 Å². The minimum atomic E-state index is -4.64. The number of rotatable bonds is 7. The van der Waals surface area contributed by atoms with E-state index < -0.39 is 33.1 Å². The predicted octanol–water partition coefficient (Wildman–Crippen LogP) is 6.47. The van der Waals surface area contributed by atoms with Gasteiger partial charge in [0.05, 0.1) is 15.5 Å². The van der Waals surface area contributed by atoms with Gasteiger partial charge in [-0.3, -0.25) is 4.72 Å². The molecule has 4 rings (SSSR count). The number of hydrogen-bond acceptors (Lipinski definition) is 6. The fourth-order valence-corrected chi connectivity index (χ4v) is 7.36. The number of hydrogen-bond donors (Lipinski definition) is 2. The zero-order chi connectivity index (χ0) is 25.4. The van der Waals surface area contributed by atoms with Crippen molar-refractivity contribution in [3.63, 3.8) is 0 Å². The number of aryl methyl sites for hydroxylation is 2. The first-order chi connectivity index (χ1) is 16.3. The maximum absolute atomic E-state index is 13.6. The summed E-state index contributed by atoms with van der Waals surface area (Å²) in [5.74, 6) is -0.402. The number of halogens is 3. The van der Waals surface area contributed by atoms with Crippen LogP contribution < -0.4 is 14.8 Å². The summed E-state index contributed by atoms with van der Waals surface area (Å²) in [6.07, 6.45) is -4.10. The van der Waals surface area contributed by atoms with Crippen molar-refractivity contribution >= 4 is 38.8 Å². The van der Waals surface area contributed by atoms with Crippen molar-refractivity contribution in [1.29, 1.82) is 0 Å². The lowest BCUT2D eigenvalue weighted by Gasteiger charge is -2.27. The van der Waals surface area contributed by atoms with Crippen LogP contribution in [0.3, 0.4) is 0 Å². The van der Waals surface area contributed by atoms with E-state index in [0.29, 0.717) is 19.5 Å². The molecule has 0 radical (unpaired) electrons. The second-order valence-electron chi connectivity index (χ2n) is 8.71. The molecule has 1 aliphatic rings. The average Bonchev–Trinajstić information content (AvgIpc) is 3.39. The summed E-state index contributed by atoms with van der Waals surface area (Å²) in [5, 5.41) is 3.07. The summed E-state index contributed by atoms with van der Waals surface area (Å²) in [6.45, 7) is 6.79. The van der Waals surface area contributed by atoms with E-state index in [9.17, 15) is 21.6 Å². The van der Waals surface area contributed by atoms with Gasteiger partial charge in [0.15, 0.2) is 0 Å². The van der Waals surface area contributed by atoms with Gasteiger partial charge in [0.25, 0.3) is 10.0 Å². The molecule has 3 aromatic rings. The number of ether oxygens (including phenoxy) is 1. The van der Waals surface area contributed by atoms with Crippen molar-refractivity contribution in [3.8, 4) is 5.75 Å². The van der Waals surface area contributed by atoms with Gasteiger partial charge in [0, 0.05) is 23.9 Å². The lowest BCUT2D eigenvalue weighted by atomic mass is 10.1. The Hall–Kier alpha value is -2.21. The highest BCUT2D eigenvalue weighted by molar-refractivity contribution is 8.02. The SMILES string of the molecule is Cc1ccc(Sc2ccc(S(=O)(=O)Nc3ccc(C(F)(F)F)c(O[C@]4(C)CCNC4)c3)s2)cc1C. The average molecular weight is 543 g/mol. The van der Waals surface area contributed by atoms with Gasteiger partial charge >= 0.3 is 6.18 Å². The van der Waals surface area contributed by atoms with Crippen LogP contribution in [0.1, 0.15) is 30.0 Å².